The number of rotatable bonds is 5. The number of fused-ring (bicyclic) bond motifs is 1. The van der Waals surface area contributed by atoms with Gasteiger partial charge in [0.15, 0.2) is 23.1 Å². The van der Waals surface area contributed by atoms with Gasteiger partial charge in [0.05, 0.1) is 12.8 Å². The number of ether oxygens (including phenoxy) is 1. The van der Waals surface area contributed by atoms with Crippen molar-refractivity contribution in [3.8, 4) is 17.1 Å². The van der Waals surface area contributed by atoms with Crippen LogP contribution in [0.3, 0.4) is 0 Å². The van der Waals surface area contributed by atoms with Crippen LogP contribution in [0.4, 0.5) is 14.6 Å². The van der Waals surface area contributed by atoms with Gasteiger partial charge in [-0.25, -0.2) is 23.3 Å². The monoisotopic (exact) mass is 391 g/mol. The number of hydrogen-bond acceptors (Lipinski definition) is 6. The molecule has 28 heavy (non-hydrogen) atoms. The van der Waals surface area contributed by atoms with E-state index in [4.69, 9.17) is 15.6 Å². The maximum atomic E-state index is 14.2. The van der Waals surface area contributed by atoms with Crippen molar-refractivity contribution in [2.75, 3.05) is 18.9 Å². The number of anilines is 1. The van der Waals surface area contributed by atoms with Gasteiger partial charge in [-0.3, -0.25) is 0 Å². The topological polar surface area (TPSA) is 98.6 Å². The summed E-state index contributed by atoms with van der Waals surface area (Å²) in [5.74, 6) is -1.35. The summed E-state index contributed by atoms with van der Waals surface area (Å²) in [6, 6.07) is 2.38. The highest BCUT2D eigenvalue weighted by atomic mass is 19.1. The lowest BCUT2D eigenvalue weighted by atomic mass is 10.2. The van der Waals surface area contributed by atoms with Crippen molar-refractivity contribution >= 4 is 11.5 Å². The van der Waals surface area contributed by atoms with Gasteiger partial charge in [-0.1, -0.05) is 20.3 Å². The summed E-state index contributed by atoms with van der Waals surface area (Å²) in [7, 11) is 0. The van der Waals surface area contributed by atoms with Crippen LogP contribution >= 0.6 is 0 Å². The minimum absolute atomic E-state index is 0.112. The Morgan fingerprint density at radius 2 is 1.96 bits per heavy atom. The summed E-state index contributed by atoms with van der Waals surface area (Å²) < 4.78 is 34.5. The summed E-state index contributed by atoms with van der Waals surface area (Å²) in [5, 5.41) is 13.5. The number of nitrogens with zero attached hydrogens (tertiary/aromatic N) is 4. The van der Waals surface area contributed by atoms with Crippen LogP contribution in [-0.2, 0) is 0 Å². The predicted octanol–water partition coefficient (Wildman–Crippen LogP) is 3.32. The molecule has 1 aliphatic carbocycles. The molecule has 0 aromatic carbocycles. The number of halogens is 2. The van der Waals surface area contributed by atoms with Crippen LogP contribution in [0.25, 0.3) is 17.0 Å². The van der Waals surface area contributed by atoms with E-state index >= 15 is 0 Å². The fraction of sp³-hybridized carbons (Fsp3) is 0.421. The Morgan fingerprint density at radius 3 is 2.61 bits per heavy atom. The summed E-state index contributed by atoms with van der Waals surface area (Å²) in [6.45, 7) is 4.29. The summed E-state index contributed by atoms with van der Waals surface area (Å²) in [4.78, 5) is 7.98. The first-order valence-electron chi connectivity index (χ1n) is 9.24. The molecule has 0 atom stereocenters. The molecule has 150 valence electrons. The number of aliphatic hydroxyl groups is 1. The zero-order chi connectivity index (χ0) is 20.3. The summed E-state index contributed by atoms with van der Waals surface area (Å²) in [5.41, 5.74) is 6.76. The van der Waals surface area contributed by atoms with Crippen LogP contribution in [0, 0.1) is 11.6 Å². The van der Waals surface area contributed by atoms with E-state index in [2.05, 4.69) is 28.9 Å². The lowest BCUT2D eigenvalue weighted by Gasteiger charge is -2.11. The summed E-state index contributed by atoms with van der Waals surface area (Å²) >= 11 is 0. The average molecular weight is 391 g/mol. The van der Waals surface area contributed by atoms with Crippen molar-refractivity contribution in [1.82, 2.24) is 19.6 Å². The maximum absolute atomic E-state index is 14.2. The Hall–Kier alpha value is -2.81. The van der Waals surface area contributed by atoms with Crippen molar-refractivity contribution < 1.29 is 18.6 Å². The number of nitrogens with two attached hydrogens (primary N) is 1. The molecule has 0 radical (unpaired) electrons. The third kappa shape index (κ3) is 4.04. The second kappa shape index (κ2) is 8.47. The zero-order valence-corrected chi connectivity index (χ0v) is 15.8. The summed E-state index contributed by atoms with van der Waals surface area (Å²) in [6.07, 6.45) is 4.61. The molecule has 0 saturated heterocycles. The van der Waals surface area contributed by atoms with Gasteiger partial charge >= 0.3 is 0 Å². The van der Waals surface area contributed by atoms with E-state index in [1.807, 2.05) is 0 Å². The van der Waals surface area contributed by atoms with Gasteiger partial charge in [0.25, 0.3) is 0 Å². The lowest BCUT2D eigenvalue weighted by molar-refractivity contribution is 0.199. The normalized spacial score (nSPS) is 13.3. The Morgan fingerprint density at radius 1 is 1.25 bits per heavy atom. The van der Waals surface area contributed by atoms with Crippen LogP contribution in [0.5, 0.6) is 5.75 Å². The SMILES string of the molecule is CCC.Nc1nc(-c2cnc3cc(OCCO)c(C4CC4)nn23)c(F)cc1F. The van der Waals surface area contributed by atoms with E-state index in [9.17, 15) is 8.78 Å². The third-order valence-corrected chi connectivity index (χ3v) is 4.00. The number of imidazole rings is 1. The van der Waals surface area contributed by atoms with Gasteiger partial charge in [-0.15, -0.1) is 0 Å². The first kappa shape index (κ1) is 19.9. The van der Waals surface area contributed by atoms with E-state index in [0.29, 0.717) is 17.5 Å². The minimum Gasteiger partial charge on any atom is -0.489 e. The minimum atomic E-state index is -0.915. The molecule has 7 nitrogen and oxygen atoms in total. The molecule has 3 heterocycles. The molecule has 0 amide bonds. The second-order valence-corrected chi connectivity index (χ2v) is 6.55. The number of nitrogen functional groups attached to an aromatic ring is 1. The Bertz CT molecular complexity index is 973. The van der Waals surface area contributed by atoms with Crippen molar-refractivity contribution in [2.45, 2.75) is 39.0 Å². The fourth-order valence-electron chi connectivity index (χ4n) is 2.64. The van der Waals surface area contributed by atoms with Crippen LogP contribution in [0.15, 0.2) is 18.3 Å². The molecular weight excluding hydrogens is 368 g/mol. The van der Waals surface area contributed by atoms with E-state index in [0.717, 1.165) is 18.5 Å². The van der Waals surface area contributed by atoms with Crippen molar-refractivity contribution in [3.63, 3.8) is 0 Å². The van der Waals surface area contributed by atoms with Crippen LogP contribution < -0.4 is 10.5 Å². The van der Waals surface area contributed by atoms with Gasteiger partial charge in [-0.05, 0) is 12.8 Å². The highest BCUT2D eigenvalue weighted by Gasteiger charge is 2.30. The zero-order valence-electron chi connectivity index (χ0n) is 15.8. The number of aromatic nitrogens is 4. The predicted molar refractivity (Wildman–Crippen MR) is 101 cm³/mol. The van der Waals surface area contributed by atoms with E-state index in [1.54, 1.807) is 6.07 Å². The van der Waals surface area contributed by atoms with Crippen LogP contribution in [0.1, 0.15) is 44.7 Å². The second-order valence-electron chi connectivity index (χ2n) is 6.55. The quantitative estimate of drug-likeness (QED) is 0.692. The van der Waals surface area contributed by atoms with Crippen molar-refractivity contribution in [1.29, 1.82) is 0 Å². The highest BCUT2D eigenvalue weighted by molar-refractivity contribution is 5.63. The molecule has 1 fully saturated rings. The molecule has 1 aliphatic rings. The van der Waals surface area contributed by atoms with E-state index < -0.39 is 17.5 Å². The van der Waals surface area contributed by atoms with Gasteiger partial charge in [-0.2, -0.15) is 5.10 Å². The number of aliphatic hydroxyl groups excluding tert-OH is 1. The molecule has 3 aromatic rings. The lowest BCUT2D eigenvalue weighted by Crippen LogP contribution is -2.08. The molecular formula is C19H23F2N5O2. The molecule has 3 N–H and O–H groups in total. The molecule has 9 heteroatoms. The molecule has 0 spiro atoms. The van der Waals surface area contributed by atoms with Gasteiger partial charge in [0.2, 0.25) is 0 Å². The number of pyridine rings is 1. The van der Waals surface area contributed by atoms with Gasteiger partial charge < -0.3 is 15.6 Å². The van der Waals surface area contributed by atoms with E-state index in [-0.39, 0.29) is 30.5 Å². The smallest absolute Gasteiger partial charge is 0.168 e. The van der Waals surface area contributed by atoms with Crippen LogP contribution in [0.2, 0.25) is 0 Å². The fourth-order valence-corrected chi connectivity index (χ4v) is 2.64. The molecule has 0 aliphatic heterocycles. The van der Waals surface area contributed by atoms with Gasteiger partial charge in [0, 0.05) is 18.1 Å². The first-order valence-corrected chi connectivity index (χ1v) is 9.24. The third-order valence-electron chi connectivity index (χ3n) is 4.00. The standard InChI is InChI=1S/C16H15F2N5O2.C3H8/c17-9-5-10(18)16(19)21-15(9)11-7-20-13-6-12(25-4-3-24)14(8-1-2-8)22-23(11)13;1-3-2/h5-8,24H,1-4H2,(H2,19,21);3H2,1-2H3. The molecule has 0 bridgehead atoms. The Balaban J connectivity index is 0.000000706. The Kier molecular flexibility index (Phi) is 6.03. The molecule has 0 unspecified atom stereocenters. The molecule has 1 saturated carbocycles. The first-order chi connectivity index (χ1) is 13.5. The average Bonchev–Trinajstić information content (AvgIpc) is 3.43. The largest absolute Gasteiger partial charge is 0.489 e. The molecule has 4 rings (SSSR count). The highest BCUT2D eigenvalue weighted by Crippen LogP contribution is 2.43. The van der Waals surface area contributed by atoms with Crippen molar-refractivity contribution in [2.24, 2.45) is 0 Å². The Labute approximate surface area is 161 Å². The van der Waals surface area contributed by atoms with E-state index in [1.165, 1.54) is 17.1 Å². The maximum Gasteiger partial charge on any atom is 0.168 e. The van der Waals surface area contributed by atoms with Crippen molar-refractivity contribution in [3.05, 3.63) is 35.7 Å². The number of hydrogen-bond donors (Lipinski definition) is 2. The molecule has 3 aromatic heterocycles. The van der Waals surface area contributed by atoms with Crippen LogP contribution in [-0.4, -0.2) is 37.9 Å². The van der Waals surface area contributed by atoms with Gasteiger partial charge in [0.1, 0.15) is 29.4 Å².